The highest BCUT2D eigenvalue weighted by Crippen LogP contribution is 2.34. The van der Waals surface area contributed by atoms with Gasteiger partial charge < -0.3 is 14.8 Å². The van der Waals surface area contributed by atoms with Gasteiger partial charge in [-0.2, -0.15) is 0 Å². The Morgan fingerprint density at radius 2 is 1.62 bits per heavy atom. The minimum atomic E-state index is 0.467. The van der Waals surface area contributed by atoms with Crippen LogP contribution in [0.2, 0.25) is 15.1 Å². The maximum Gasteiger partial charge on any atom is 0.163 e. The number of rotatable bonds is 3. The molecule has 0 amide bonds. The fourth-order valence-electron chi connectivity index (χ4n) is 2.07. The van der Waals surface area contributed by atoms with E-state index in [2.05, 4.69) is 5.32 Å². The second-order valence-electron chi connectivity index (χ2n) is 4.53. The summed E-state index contributed by atoms with van der Waals surface area (Å²) in [6.45, 7) is 1.60. The van der Waals surface area contributed by atoms with Crippen LogP contribution >= 0.6 is 34.8 Å². The van der Waals surface area contributed by atoms with Crippen molar-refractivity contribution >= 4 is 40.5 Å². The molecular weight excluding hydrogens is 333 g/mol. The van der Waals surface area contributed by atoms with Gasteiger partial charge in [0.1, 0.15) is 13.2 Å². The van der Waals surface area contributed by atoms with Crippen LogP contribution < -0.4 is 14.8 Å². The topological polar surface area (TPSA) is 30.5 Å². The van der Waals surface area contributed by atoms with Crippen LogP contribution in [0.1, 0.15) is 5.56 Å². The van der Waals surface area contributed by atoms with E-state index in [4.69, 9.17) is 44.3 Å². The summed E-state index contributed by atoms with van der Waals surface area (Å²) in [6, 6.07) is 9.09. The van der Waals surface area contributed by atoms with Gasteiger partial charge in [0.15, 0.2) is 11.5 Å². The molecule has 1 N–H and O–H groups in total. The SMILES string of the molecule is Clc1ccc(Cl)c(CNc2ccc3c(c2)OCCO3)c1Cl. The zero-order chi connectivity index (χ0) is 14.8. The van der Waals surface area contributed by atoms with Gasteiger partial charge in [-0.25, -0.2) is 0 Å². The second kappa shape index (κ2) is 6.22. The first-order chi connectivity index (χ1) is 10.1. The molecule has 0 spiro atoms. The van der Waals surface area contributed by atoms with E-state index in [1.807, 2.05) is 18.2 Å². The summed E-state index contributed by atoms with van der Waals surface area (Å²) in [4.78, 5) is 0. The van der Waals surface area contributed by atoms with E-state index in [1.165, 1.54) is 0 Å². The Bertz CT molecular complexity index is 676. The Kier molecular flexibility index (Phi) is 4.34. The minimum absolute atomic E-state index is 0.467. The molecule has 0 unspecified atom stereocenters. The van der Waals surface area contributed by atoms with Crippen LogP contribution in [-0.2, 0) is 6.54 Å². The number of benzene rings is 2. The number of hydrogen-bond acceptors (Lipinski definition) is 3. The normalized spacial score (nSPS) is 13.1. The molecule has 0 bridgehead atoms. The quantitative estimate of drug-likeness (QED) is 0.792. The molecule has 2 aromatic rings. The van der Waals surface area contributed by atoms with Crippen LogP contribution in [-0.4, -0.2) is 13.2 Å². The van der Waals surface area contributed by atoms with Crippen molar-refractivity contribution in [2.45, 2.75) is 6.54 Å². The maximum absolute atomic E-state index is 6.18. The summed E-state index contributed by atoms with van der Waals surface area (Å²) in [5.41, 5.74) is 1.66. The highest BCUT2D eigenvalue weighted by atomic mass is 35.5. The van der Waals surface area contributed by atoms with Gasteiger partial charge in [0, 0.05) is 28.9 Å². The molecule has 21 heavy (non-hydrogen) atoms. The third kappa shape index (κ3) is 3.15. The minimum Gasteiger partial charge on any atom is -0.486 e. The van der Waals surface area contributed by atoms with Gasteiger partial charge in [-0.05, 0) is 24.3 Å². The summed E-state index contributed by atoms with van der Waals surface area (Å²) in [5, 5.41) is 4.79. The Morgan fingerprint density at radius 1 is 0.905 bits per heavy atom. The van der Waals surface area contributed by atoms with Crippen molar-refractivity contribution in [2.24, 2.45) is 0 Å². The number of hydrogen-bond donors (Lipinski definition) is 1. The number of nitrogens with one attached hydrogen (secondary N) is 1. The Labute approximate surface area is 137 Å². The molecule has 0 radical (unpaired) electrons. The molecule has 110 valence electrons. The van der Waals surface area contributed by atoms with Crippen molar-refractivity contribution in [2.75, 3.05) is 18.5 Å². The lowest BCUT2D eigenvalue weighted by molar-refractivity contribution is 0.171. The van der Waals surface area contributed by atoms with Crippen LogP contribution in [0.15, 0.2) is 30.3 Å². The van der Waals surface area contributed by atoms with Gasteiger partial charge in [-0.3, -0.25) is 0 Å². The third-order valence-electron chi connectivity index (χ3n) is 3.15. The maximum atomic E-state index is 6.18. The van der Waals surface area contributed by atoms with E-state index < -0.39 is 0 Å². The lowest BCUT2D eigenvalue weighted by atomic mass is 10.2. The molecule has 3 nitrogen and oxygen atoms in total. The average molecular weight is 345 g/mol. The molecule has 0 aromatic heterocycles. The summed E-state index contributed by atoms with van der Waals surface area (Å²) < 4.78 is 11.0. The third-order valence-corrected chi connectivity index (χ3v) is 4.35. The molecule has 1 aliphatic rings. The molecule has 0 aliphatic carbocycles. The molecule has 0 saturated carbocycles. The largest absolute Gasteiger partial charge is 0.486 e. The molecule has 2 aromatic carbocycles. The predicted molar refractivity (Wildman–Crippen MR) is 86.2 cm³/mol. The second-order valence-corrected chi connectivity index (χ2v) is 5.73. The van der Waals surface area contributed by atoms with Crippen molar-refractivity contribution in [3.63, 3.8) is 0 Å². The molecule has 0 saturated heterocycles. The van der Waals surface area contributed by atoms with Crippen molar-refractivity contribution in [3.8, 4) is 11.5 Å². The zero-order valence-electron chi connectivity index (χ0n) is 11.0. The fourth-order valence-corrected chi connectivity index (χ4v) is 2.76. The van der Waals surface area contributed by atoms with Crippen molar-refractivity contribution in [3.05, 3.63) is 51.0 Å². The first-order valence-corrected chi connectivity index (χ1v) is 7.54. The predicted octanol–water partition coefficient (Wildman–Crippen LogP) is 5.03. The molecule has 0 fully saturated rings. The fraction of sp³-hybridized carbons (Fsp3) is 0.200. The van der Waals surface area contributed by atoms with E-state index >= 15 is 0 Å². The van der Waals surface area contributed by atoms with Gasteiger partial charge in [0.25, 0.3) is 0 Å². The van der Waals surface area contributed by atoms with Crippen molar-refractivity contribution in [1.29, 1.82) is 0 Å². The standard InChI is InChI=1S/C15H12Cl3NO2/c16-11-2-3-12(17)15(18)10(11)8-19-9-1-4-13-14(7-9)21-6-5-20-13/h1-4,7,19H,5-6,8H2. The van der Waals surface area contributed by atoms with Gasteiger partial charge in [0.2, 0.25) is 0 Å². The summed E-state index contributed by atoms with van der Waals surface area (Å²) in [6.07, 6.45) is 0. The lowest BCUT2D eigenvalue weighted by Gasteiger charge is -2.19. The van der Waals surface area contributed by atoms with Gasteiger partial charge >= 0.3 is 0 Å². The Morgan fingerprint density at radius 3 is 2.43 bits per heavy atom. The Hall–Kier alpha value is -1.29. The molecular formula is C15H12Cl3NO2. The molecule has 3 rings (SSSR count). The number of halogens is 3. The van der Waals surface area contributed by atoms with Crippen LogP contribution in [0.5, 0.6) is 11.5 Å². The Balaban J connectivity index is 1.78. The van der Waals surface area contributed by atoms with Crippen LogP contribution in [0, 0.1) is 0 Å². The highest BCUT2D eigenvalue weighted by molar-refractivity contribution is 6.44. The van der Waals surface area contributed by atoms with Crippen LogP contribution in [0.4, 0.5) is 5.69 Å². The van der Waals surface area contributed by atoms with Gasteiger partial charge in [0.05, 0.1) is 10.0 Å². The van der Waals surface area contributed by atoms with E-state index in [0.717, 1.165) is 22.7 Å². The molecule has 6 heteroatoms. The smallest absolute Gasteiger partial charge is 0.163 e. The van der Waals surface area contributed by atoms with E-state index in [9.17, 15) is 0 Å². The molecule has 0 atom stereocenters. The van der Waals surface area contributed by atoms with Gasteiger partial charge in [-0.1, -0.05) is 34.8 Å². The summed E-state index contributed by atoms with van der Waals surface area (Å²) in [5.74, 6) is 1.49. The van der Waals surface area contributed by atoms with Crippen molar-refractivity contribution < 1.29 is 9.47 Å². The number of ether oxygens (including phenoxy) is 2. The van der Waals surface area contributed by atoms with E-state index in [0.29, 0.717) is 34.8 Å². The monoisotopic (exact) mass is 343 g/mol. The number of anilines is 1. The number of fused-ring (bicyclic) bond motifs is 1. The van der Waals surface area contributed by atoms with E-state index in [1.54, 1.807) is 12.1 Å². The van der Waals surface area contributed by atoms with E-state index in [-0.39, 0.29) is 0 Å². The highest BCUT2D eigenvalue weighted by Gasteiger charge is 2.13. The molecule has 1 heterocycles. The van der Waals surface area contributed by atoms with Gasteiger partial charge in [-0.15, -0.1) is 0 Å². The molecule has 1 aliphatic heterocycles. The lowest BCUT2D eigenvalue weighted by Crippen LogP contribution is -2.15. The van der Waals surface area contributed by atoms with Crippen LogP contribution in [0.25, 0.3) is 0 Å². The summed E-state index contributed by atoms with van der Waals surface area (Å²) in [7, 11) is 0. The van der Waals surface area contributed by atoms with Crippen molar-refractivity contribution in [1.82, 2.24) is 0 Å². The first-order valence-electron chi connectivity index (χ1n) is 6.41. The zero-order valence-corrected chi connectivity index (χ0v) is 13.2. The average Bonchev–Trinajstić information content (AvgIpc) is 2.51. The first kappa shape index (κ1) is 14.6. The van der Waals surface area contributed by atoms with Crippen LogP contribution in [0.3, 0.4) is 0 Å². The summed E-state index contributed by atoms with van der Waals surface area (Å²) >= 11 is 18.3.